The Morgan fingerprint density at radius 1 is 1.32 bits per heavy atom. The average molecular weight is 359 g/mol. The van der Waals surface area contributed by atoms with Gasteiger partial charge in [-0.3, -0.25) is 0 Å². The summed E-state index contributed by atoms with van der Waals surface area (Å²) in [5.41, 5.74) is 8.38. The molecule has 0 spiro atoms. The minimum Gasteiger partial charge on any atom is -0.386 e. The van der Waals surface area contributed by atoms with Gasteiger partial charge in [0.25, 0.3) is 0 Å². The number of anilines is 1. The lowest BCUT2D eigenvalue weighted by Gasteiger charge is -2.21. The van der Waals surface area contributed by atoms with Crippen molar-refractivity contribution in [2.24, 2.45) is 0 Å². The molecule has 3 aromatic rings. The van der Waals surface area contributed by atoms with Crippen LogP contribution in [-0.4, -0.2) is 25.7 Å². The molecule has 130 valence electrons. The Kier molecular flexibility index (Phi) is 4.11. The van der Waals surface area contributed by atoms with E-state index in [0.717, 1.165) is 35.0 Å². The molecule has 1 aliphatic heterocycles. The molecule has 3 N–H and O–H groups in total. The van der Waals surface area contributed by atoms with Crippen molar-refractivity contribution in [2.75, 3.05) is 5.73 Å². The highest BCUT2D eigenvalue weighted by Gasteiger charge is 2.33. The van der Waals surface area contributed by atoms with Crippen LogP contribution < -0.4 is 5.73 Å². The molecule has 3 unspecified atom stereocenters. The molecular formula is C18H19ClN4O2. The van der Waals surface area contributed by atoms with Crippen molar-refractivity contribution >= 4 is 28.5 Å². The molecule has 0 aliphatic carbocycles. The summed E-state index contributed by atoms with van der Waals surface area (Å²) in [5.74, 6) is 0.452. The third kappa shape index (κ3) is 2.86. The van der Waals surface area contributed by atoms with Gasteiger partial charge in [0.15, 0.2) is 0 Å². The minimum absolute atomic E-state index is 0.188. The van der Waals surface area contributed by atoms with E-state index in [9.17, 15) is 5.11 Å². The molecule has 0 amide bonds. The number of aliphatic hydroxyl groups is 1. The number of rotatable bonds is 3. The number of aryl methyl sites for hydroxylation is 1. The average Bonchev–Trinajstić information content (AvgIpc) is 3.24. The monoisotopic (exact) mass is 358 g/mol. The number of aliphatic hydroxyl groups excluding tert-OH is 1. The maximum Gasteiger partial charge on any atom is 0.147 e. The van der Waals surface area contributed by atoms with E-state index >= 15 is 0 Å². The molecular weight excluding hydrogens is 340 g/mol. The molecule has 6 nitrogen and oxygen atoms in total. The van der Waals surface area contributed by atoms with E-state index in [0.29, 0.717) is 10.8 Å². The van der Waals surface area contributed by atoms with E-state index in [4.69, 9.17) is 22.1 Å². The predicted molar refractivity (Wildman–Crippen MR) is 96.2 cm³/mol. The molecule has 0 saturated carbocycles. The van der Waals surface area contributed by atoms with E-state index in [1.165, 1.54) is 6.33 Å². The second kappa shape index (κ2) is 6.29. The Morgan fingerprint density at radius 3 is 2.96 bits per heavy atom. The largest absolute Gasteiger partial charge is 0.386 e. The first-order valence-corrected chi connectivity index (χ1v) is 8.59. The van der Waals surface area contributed by atoms with Gasteiger partial charge < -0.3 is 20.1 Å². The summed E-state index contributed by atoms with van der Waals surface area (Å²) in [6.07, 6.45) is 3.69. The summed E-state index contributed by atoms with van der Waals surface area (Å²) in [5, 5.41) is 12.1. The Labute approximate surface area is 150 Å². The van der Waals surface area contributed by atoms with Gasteiger partial charge in [0, 0.05) is 11.2 Å². The molecule has 1 saturated heterocycles. The van der Waals surface area contributed by atoms with Gasteiger partial charge in [-0.05, 0) is 43.0 Å². The predicted octanol–water partition coefficient (Wildman–Crippen LogP) is 3.39. The third-order valence-corrected chi connectivity index (χ3v) is 5.18. The van der Waals surface area contributed by atoms with Crippen LogP contribution in [0.25, 0.3) is 11.0 Å². The van der Waals surface area contributed by atoms with E-state index in [2.05, 4.69) is 9.97 Å². The van der Waals surface area contributed by atoms with Crippen LogP contribution in [-0.2, 0) is 4.74 Å². The zero-order valence-electron chi connectivity index (χ0n) is 13.8. The molecule has 1 aromatic carbocycles. The third-order valence-electron chi connectivity index (χ3n) is 4.77. The van der Waals surface area contributed by atoms with Gasteiger partial charge in [0.05, 0.1) is 11.5 Å². The van der Waals surface area contributed by atoms with E-state index in [1.54, 1.807) is 6.07 Å². The molecule has 0 radical (unpaired) electrons. The SMILES string of the molecule is Cc1ccc(C(O)C2CCC(n3ccc4c(N)ncnc43)O2)cc1Cl. The van der Waals surface area contributed by atoms with Gasteiger partial charge in [-0.15, -0.1) is 0 Å². The molecule has 1 fully saturated rings. The molecule has 25 heavy (non-hydrogen) atoms. The number of benzene rings is 1. The number of halogens is 1. The van der Waals surface area contributed by atoms with Crippen molar-refractivity contribution in [3.63, 3.8) is 0 Å². The van der Waals surface area contributed by atoms with Gasteiger partial charge in [-0.1, -0.05) is 23.7 Å². The molecule has 7 heteroatoms. The summed E-state index contributed by atoms with van der Waals surface area (Å²) in [4.78, 5) is 8.31. The summed E-state index contributed by atoms with van der Waals surface area (Å²) in [6, 6.07) is 7.49. The molecule has 1 aliphatic rings. The van der Waals surface area contributed by atoms with Crippen LogP contribution in [0.5, 0.6) is 0 Å². The van der Waals surface area contributed by atoms with E-state index < -0.39 is 6.10 Å². The maximum atomic E-state index is 10.7. The van der Waals surface area contributed by atoms with Gasteiger partial charge in [-0.2, -0.15) is 0 Å². The number of hydrogen-bond acceptors (Lipinski definition) is 5. The Bertz CT molecular complexity index is 927. The maximum absolute atomic E-state index is 10.7. The lowest BCUT2D eigenvalue weighted by molar-refractivity contribution is -0.0590. The Hall–Kier alpha value is -2.15. The standard InChI is InChI=1S/C18H19ClN4O2/c1-10-2-3-11(8-13(10)19)16(24)14-4-5-15(25-14)23-7-6-12-17(20)21-9-22-18(12)23/h2-3,6-9,14-16,24H,4-5H2,1H3,(H2,20,21,22). The Morgan fingerprint density at radius 2 is 2.16 bits per heavy atom. The van der Waals surface area contributed by atoms with Crippen LogP contribution in [0.4, 0.5) is 5.82 Å². The first-order valence-electron chi connectivity index (χ1n) is 8.21. The lowest BCUT2D eigenvalue weighted by atomic mass is 10.0. The first kappa shape index (κ1) is 16.3. The molecule has 3 heterocycles. The van der Waals surface area contributed by atoms with Crippen molar-refractivity contribution in [2.45, 2.75) is 38.2 Å². The zero-order valence-corrected chi connectivity index (χ0v) is 14.5. The summed E-state index contributed by atoms with van der Waals surface area (Å²) < 4.78 is 8.06. The lowest BCUT2D eigenvalue weighted by Crippen LogP contribution is -2.19. The van der Waals surface area contributed by atoms with Gasteiger partial charge in [0.2, 0.25) is 0 Å². The smallest absolute Gasteiger partial charge is 0.147 e. The molecule has 0 bridgehead atoms. The highest BCUT2D eigenvalue weighted by atomic mass is 35.5. The van der Waals surface area contributed by atoms with Crippen molar-refractivity contribution in [1.82, 2.24) is 14.5 Å². The van der Waals surface area contributed by atoms with E-state index in [1.807, 2.05) is 35.9 Å². The fraction of sp³-hybridized carbons (Fsp3) is 0.333. The second-order valence-electron chi connectivity index (χ2n) is 6.38. The van der Waals surface area contributed by atoms with Crippen LogP contribution in [0.1, 0.15) is 36.3 Å². The molecule has 3 atom stereocenters. The molecule has 2 aromatic heterocycles. The number of nitrogen functional groups attached to an aromatic ring is 1. The second-order valence-corrected chi connectivity index (χ2v) is 6.79. The number of aromatic nitrogens is 3. The van der Waals surface area contributed by atoms with Crippen molar-refractivity contribution in [3.05, 3.63) is 52.9 Å². The van der Waals surface area contributed by atoms with Crippen molar-refractivity contribution in [3.8, 4) is 0 Å². The van der Waals surface area contributed by atoms with Gasteiger partial charge in [0.1, 0.15) is 30.1 Å². The van der Waals surface area contributed by atoms with Crippen molar-refractivity contribution in [1.29, 1.82) is 0 Å². The fourth-order valence-electron chi connectivity index (χ4n) is 3.31. The van der Waals surface area contributed by atoms with Crippen LogP contribution >= 0.6 is 11.6 Å². The fourth-order valence-corrected chi connectivity index (χ4v) is 3.50. The summed E-state index contributed by atoms with van der Waals surface area (Å²) in [7, 11) is 0. The number of fused-ring (bicyclic) bond motifs is 1. The number of nitrogens with zero attached hydrogens (tertiary/aromatic N) is 3. The summed E-state index contributed by atoms with van der Waals surface area (Å²) in [6.45, 7) is 1.94. The van der Waals surface area contributed by atoms with Crippen LogP contribution in [0.3, 0.4) is 0 Å². The van der Waals surface area contributed by atoms with Crippen LogP contribution in [0, 0.1) is 6.92 Å². The number of nitrogens with two attached hydrogens (primary N) is 1. The quantitative estimate of drug-likeness (QED) is 0.749. The molecule has 4 rings (SSSR count). The number of ether oxygens (including phenoxy) is 1. The Balaban J connectivity index is 1.56. The van der Waals surface area contributed by atoms with E-state index in [-0.39, 0.29) is 12.3 Å². The number of hydrogen-bond donors (Lipinski definition) is 2. The first-order chi connectivity index (χ1) is 12.0. The van der Waals surface area contributed by atoms with Crippen molar-refractivity contribution < 1.29 is 9.84 Å². The minimum atomic E-state index is -0.718. The van der Waals surface area contributed by atoms with Crippen LogP contribution in [0.2, 0.25) is 5.02 Å². The van der Waals surface area contributed by atoms with Gasteiger partial charge >= 0.3 is 0 Å². The van der Waals surface area contributed by atoms with Gasteiger partial charge in [-0.25, -0.2) is 9.97 Å². The van der Waals surface area contributed by atoms with Crippen LogP contribution in [0.15, 0.2) is 36.8 Å². The zero-order chi connectivity index (χ0) is 17.6. The summed E-state index contributed by atoms with van der Waals surface area (Å²) >= 11 is 6.17. The highest BCUT2D eigenvalue weighted by Crippen LogP contribution is 2.37. The highest BCUT2D eigenvalue weighted by molar-refractivity contribution is 6.31. The normalized spacial score (nSPS) is 21.7. The topological polar surface area (TPSA) is 86.2 Å².